The molecule has 0 spiro atoms. The molecule has 2 aromatic heterocycles. The molecule has 0 aliphatic carbocycles. The Bertz CT molecular complexity index is 1540. The first-order chi connectivity index (χ1) is 17.9. The van der Waals surface area contributed by atoms with Gasteiger partial charge in [-0.15, -0.1) is 0 Å². The summed E-state index contributed by atoms with van der Waals surface area (Å²) >= 11 is 0. The van der Waals surface area contributed by atoms with Crippen LogP contribution >= 0.6 is 0 Å². The molecule has 11 nitrogen and oxygen atoms in total. The molecule has 3 N–H and O–H groups in total. The molecule has 3 heterocycles. The molecule has 2 aromatic carbocycles. The molecule has 37 heavy (non-hydrogen) atoms. The highest BCUT2D eigenvalue weighted by Crippen LogP contribution is 2.28. The average Bonchev–Trinajstić information content (AvgIpc) is 3.38. The lowest BCUT2D eigenvalue weighted by Gasteiger charge is -2.18. The van der Waals surface area contributed by atoms with Crippen LogP contribution in [0.4, 0.5) is 5.69 Å². The van der Waals surface area contributed by atoms with Crippen molar-refractivity contribution in [1.82, 2.24) is 25.2 Å². The minimum Gasteiger partial charge on any atom is -0.482 e. The summed E-state index contributed by atoms with van der Waals surface area (Å²) in [6.07, 6.45) is 1.49. The third-order valence-corrected chi connectivity index (χ3v) is 5.77. The Morgan fingerprint density at radius 3 is 2.49 bits per heavy atom. The van der Waals surface area contributed by atoms with Gasteiger partial charge in [0, 0.05) is 30.8 Å². The number of benzene rings is 2. The van der Waals surface area contributed by atoms with E-state index >= 15 is 0 Å². The van der Waals surface area contributed by atoms with Crippen molar-refractivity contribution < 1.29 is 23.9 Å². The molecule has 0 fully saturated rings. The summed E-state index contributed by atoms with van der Waals surface area (Å²) in [5.41, 5.74) is 3.24. The van der Waals surface area contributed by atoms with Gasteiger partial charge in [0.15, 0.2) is 18.0 Å². The zero-order valence-electron chi connectivity index (χ0n) is 19.8. The molecule has 0 saturated heterocycles. The first kappa shape index (κ1) is 23.7. The van der Waals surface area contributed by atoms with Crippen LogP contribution in [0.25, 0.3) is 5.65 Å². The van der Waals surface area contributed by atoms with Gasteiger partial charge in [-0.25, -0.2) is 9.50 Å². The third kappa shape index (κ3) is 5.15. The van der Waals surface area contributed by atoms with Gasteiger partial charge < -0.3 is 20.7 Å². The van der Waals surface area contributed by atoms with Crippen LogP contribution in [0.2, 0.25) is 0 Å². The van der Waals surface area contributed by atoms with Crippen molar-refractivity contribution in [3.63, 3.8) is 0 Å². The lowest BCUT2D eigenvalue weighted by molar-refractivity contribution is -0.118. The summed E-state index contributed by atoms with van der Waals surface area (Å²) in [6, 6.07) is 15.2. The third-order valence-electron chi connectivity index (χ3n) is 5.77. The van der Waals surface area contributed by atoms with Crippen molar-refractivity contribution in [3.8, 4) is 5.75 Å². The topological polar surface area (TPSA) is 144 Å². The Kier molecular flexibility index (Phi) is 6.33. The zero-order valence-corrected chi connectivity index (χ0v) is 19.8. The van der Waals surface area contributed by atoms with Crippen LogP contribution < -0.4 is 20.7 Å². The van der Waals surface area contributed by atoms with E-state index in [0.717, 1.165) is 11.1 Å². The number of carbonyl (C=O) groups excluding carboxylic acids is 4. The molecule has 5 rings (SSSR count). The molecule has 1 aliphatic rings. The predicted molar refractivity (Wildman–Crippen MR) is 132 cm³/mol. The first-order valence-electron chi connectivity index (χ1n) is 11.4. The smallest absolute Gasteiger partial charge is 0.270 e. The van der Waals surface area contributed by atoms with Crippen LogP contribution in [-0.2, 0) is 17.9 Å². The van der Waals surface area contributed by atoms with Gasteiger partial charge in [0.2, 0.25) is 0 Å². The van der Waals surface area contributed by atoms with Gasteiger partial charge in [0.1, 0.15) is 17.1 Å². The number of nitrogens with zero attached hydrogens (tertiary/aromatic N) is 3. The summed E-state index contributed by atoms with van der Waals surface area (Å²) < 4.78 is 6.71. The minimum atomic E-state index is -0.476. The Morgan fingerprint density at radius 1 is 0.973 bits per heavy atom. The maximum absolute atomic E-state index is 13.0. The molecule has 0 atom stereocenters. The number of nitrogens with one attached hydrogen (secondary N) is 3. The molecule has 4 aromatic rings. The quantitative estimate of drug-likeness (QED) is 0.331. The van der Waals surface area contributed by atoms with Gasteiger partial charge in [-0.2, -0.15) is 5.10 Å². The van der Waals surface area contributed by atoms with Crippen molar-refractivity contribution in [2.24, 2.45) is 0 Å². The lowest BCUT2D eigenvalue weighted by Crippen LogP contribution is -2.28. The Balaban J connectivity index is 1.29. The lowest BCUT2D eigenvalue weighted by atomic mass is 10.1. The van der Waals surface area contributed by atoms with E-state index in [9.17, 15) is 19.2 Å². The molecule has 11 heteroatoms. The van der Waals surface area contributed by atoms with Crippen LogP contribution in [0.1, 0.15) is 49.4 Å². The normalized spacial score (nSPS) is 12.3. The first-order valence-corrected chi connectivity index (χ1v) is 11.4. The van der Waals surface area contributed by atoms with E-state index in [2.05, 4.69) is 26.0 Å². The molecule has 0 unspecified atom stereocenters. The fraction of sp³-hybridized carbons (Fsp3) is 0.154. The Labute approximate surface area is 210 Å². The largest absolute Gasteiger partial charge is 0.482 e. The molecule has 0 bridgehead atoms. The van der Waals surface area contributed by atoms with Crippen molar-refractivity contribution >= 4 is 34.8 Å². The van der Waals surface area contributed by atoms with Crippen LogP contribution in [0, 0.1) is 0 Å². The molecule has 0 saturated carbocycles. The summed E-state index contributed by atoms with van der Waals surface area (Å²) in [5, 5.41) is 12.5. The van der Waals surface area contributed by atoms with Crippen molar-refractivity contribution in [1.29, 1.82) is 0 Å². The van der Waals surface area contributed by atoms with E-state index in [1.165, 1.54) is 23.7 Å². The SMILES string of the molecule is CC(=O)c1ccc(CNC(=O)c2cc(C(=O)NCc3ccc4c(c3)NC(=O)CO4)nc3ccnn23)cc1. The average molecular weight is 498 g/mol. The summed E-state index contributed by atoms with van der Waals surface area (Å²) in [5.74, 6) is -0.632. The Morgan fingerprint density at radius 2 is 1.70 bits per heavy atom. The Hall–Kier alpha value is -5.06. The number of carbonyl (C=O) groups is 4. The number of anilines is 1. The molecule has 1 aliphatic heterocycles. The predicted octanol–water partition coefficient (Wildman–Crippen LogP) is 2.12. The number of rotatable bonds is 7. The molecule has 3 amide bonds. The van der Waals surface area contributed by atoms with E-state index in [-0.39, 0.29) is 42.8 Å². The van der Waals surface area contributed by atoms with Crippen LogP contribution in [-0.4, -0.2) is 44.7 Å². The fourth-order valence-corrected chi connectivity index (χ4v) is 3.83. The van der Waals surface area contributed by atoms with Crippen molar-refractivity contribution in [2.45, 2.75) is 20.0 Å². The molecule has 0 radical (unpaired) electrons. The second-order valence-corrected chi connectivity index (χ2v) is 8.41. The van der Waals surface area contributed by atoms with E-state index in [1.807, 2.05) is 0 Å². The highest BCUT2D eigenvalue weighted by molar-refractivity contribution is 5.98. The second-order valence-electron chi connectivity index (χ2n) is 8.41. The molecular formula is C26H22N6O5. The highest BCUT2D eigenvalue weighted by Gasteiger charge is 2.19. The number of ether oxygens (including phenoxy) is 1. The number of hydrogen-bond donors (Lipinski definition) is 3. The number of ketones is 1. The van der Waals surface area contributed by atoms with Gasteiger partial charge in [0.05, 0.1) is 11.9 Å². The number of Topliss-reactive ketones (excluding diaryl/α,β-unsaturated/α-hetero) is 1. The number of fused-ring (bicyclic) bond motifs is 2. The van der Waals surface area contributed by atoms with Crippen molar-refractivity contribution in [2.75, 3.05) is 11.9 Å². The maximum Gasteiger partial charge on any atom is 0.270 e. The molecule has 186 valence electrons. The summed E-state index contributed by atoms with van der Waals surface area (Å²) in [4.78, 5) is 53.2. The number of aromatic nitrogens is 3. The maximum atomic E-state index is 13.0. The fourth-order valence-electron chi connectivity index (χ4n) is 3.83. The van der Waals surface area contributed by atoms with Gasteiger partial charge >= 0.3 is 0 Å². The highest BCUT2D eigenvalue weighted by atomic mass is 16.5. The minimum absolute atomic E-state index is 0.0338. The van der Waals surface area contributed by atoms with Crippen LogP contribution in [0.15, 0.2) is 60.8 Å². The van der Waals surface area contributed by atoms with Gasteiger partial charge in [-0.3, -0.25) is 19.2 Å². The summed E-state index contributed by atoms with van der Waals surface area (Å²) in [7, 11) is 0. The molecular weight excluding hydrogens is 476 g/mol. The van der Waals surface area contributed by atoms with E-state index < -0.39 is 11.8 Å². The summed E-state index contributed by atoms with van der Waals surface area (Å²) in [6.45, 7) is 1.85. The number of hydrogen-bond acceptors (Lipinski definition) is 7. The van der Waals surface area contributed by atoms with E-state index in [4.69, 9.17) is 4.74 Å². The van der Waals surface area contributed by atoms with E-state index in [0.29, 0.717) is 22.6 Å². The van der Waals surface area contributed by atoms with Crippen LogP contribution in [0.3, 0.4) is 0 Å². The monoisotopic (exact) mass is 498 g/mol. The van der Waals surface area contributed by atoms with Crippen molar-refractivity contribution in [3.05, 3.63) is 88.9 Å². The van der Waals surface area contributed by atoms with Crippen LogP contribution in [0.5, 0.6) is 5.75 Å². The van der Waals surface area contributed by atoms with E-state index in [1.54, 1.807) is 48.5 Å². The van der Waals surface area contributed by atoms with Gasteiger partial charge in [-0.05, 0) is 30.2 Å². The standard InChI is InChI=1S/C26H22N6O5/c1-15(33)18-5-2-16(3-6-18)12-28-26(36)21-11-20(30-23-8-9-29-32(21)23)25(35)27-13-17-4-7-22-19(10-17)31-24(34)14-37-22/h2-11H,12-14H2,1H3,(H,27,35)(H,28,36)(H,31,34). The zero-order chi connectivity index (χ0) is 25.9. The second kappa shape index (κ2) is 9.90. The van der Waals surface area contributed by atoms with Gasteiger partial charge in [-0.1, -0.05) is 30.3 Å². The van der Waals surface area contributed by atoms with Gasteiger partial charge in [0.25, 0.3) is 17.7 Å². The number of amides is 3.